The Morgan fingerprint density at radius 1 is 0.844 bits per heavy atom. The van der Waals surface area contributed by atoms with Crippen molar-refractivity contribution in [2.45, 2.75) is 0 Å². The topological polar surface area (TPSA) is 31.4 Å². The van der Waals surface area contributed by atoms with Crippen LogP contribution in [-0.4, -0.2) is 43.1 Å². The molecule has 0 aliphatic carbocycles. The number of anilines is 3. The molecule has 1 N–H and O–H groups in total. The van der Waals surface area contributed by atoms with Gasteiger partial charge >= 0.3 is 0 Å². The lowest BCUT2D eigenvalue weighted by molar-refractivity contribution is 0.313. The van der Waals surface area contributed by atoms with Crippen molar-refractivity contribution in [3.8, 4) is 11.1 Å². The summed E-state index contributed by atoms with van der Waals surface area (Å²) in [5.74, 6) is -1.17. The summed E-state index contributed by atoms with van der Waals surface area (Å²) in [5.41, 5.74) is 4.91. The third-order valence-corrected chi connectivity index (χ3v) is 6.00. The molecule has 0 spiro atoms. The molecule has 6 heteroatoms. The smallest absolute Gasteiger partial charge is 0.133 e. The van der Waals surface area contributed by atoms with Gasteiger partial charge in [0.15, 0.2) is 0 Å². The number of hydrogen-bond acceptors (Lipinski definition) is 4. The molecule has 0 unspecified atom stereocenters. The predicted molar refractivity (Wildman–Crippen MR) is 127 cm³/mol. The van der Waals surface area contributed by atoms with Crippen molar-refractivity contribution >= 4 is 28.0 Å². The molecular weight excluding hydrogens is 406 g/mol. The van der Waals surface area contributed by atoms with Crippen LogP contribution in [0.25, 0.3) is 22.0 Å². The second kappa shape index (κ2) is 8.55. The fourth-order valence-electron chi connectivity index (χ4n) is 4.12. The van der Waals surface area contributed by atoms with Gasteiger partial charge in [0.2, 0.25) is 0 Å². The van der Waals surface area contributed by atoms with Crippen LogP contribution in [0.1, 0.15) is 0 Å². The lowest BCUT2D eigenvalue weighted by atomic mass is 10.0. The van der Waals surface area contributed by atoms with Gasteiger partial charge in [-0.25, -0.2) is 8.78 Å². The van der Waals surface area contributed by atoms with Crippen molar-refractivity contribution in [3.63, 3.8) is 0 Å². The SMILES string of the molecule is CN1CCN(c2ccc(Nc3ccnc4ccc(-c5ccc(F)cc5F)cc34)cc2)CC1. The third-order valence-electron chi connectivity index (χ3n) is 6.00. The number of rotatable bonds is 4. The zero-order valence-electron chi connectivity index (χ0n) is 17.9. The van der Waals surface area contributed by atoms with Crippen molar-refractivity contribution in [1.82, 2.24) is 9.88 Å². The van der Waals surface area contributed by atoms with Gasteiger partial charge in [-0.1, -0.05) is 6.07 Å². The number of benzene rings is 3. The van der Waals surface area contributed by atoms with Gasteiger partial charge in [-0.15, -0.1) is 0 Å². The van der Waals surface area contributed by atoms with Crippen molar-refractivity contribution in [3.05, 3.63) is 84.6 Å². The zero-order chi connectivity index (χ0) is 22.1. The highest BCUT2D eigenvalue weighted by molar-refractivity contribution is 5.95. The minimum atomic E-state index is -0.587. The molecule has 1 aromatic heterocycles. The highest BCUT2D eigenvalue weighted by Crippen LogP contribution is 2.31. The molecule has 4 nitrogen and oxygen atoms in total. The molecule has 0 radical (unpaired) electrons. The Labute approximate surface area is 186 Å². The Bertz CT molecular complexity index is 1250. The third kappa shape index (κ3) is 4.14. The summed E-state index contributed by atoms with van der Waals surface area (Å²) in [5, 5.41) is 4.34. The van der Waals surface area contributed by atoms with Crippen LogP contribution in [0, 0.1) is 11.6 Å². The highest BCUT2D eigenvalue weighted by Gasteiger charge is 2.14. The summed E-state index contributed by atoms with van der Waals surface area (Å²) in [6, 6.07) is 19.5. The molecule has 1 aliphatic heterocycles. The highest BCUT2D eigenvalue weighted by atomic mass is 19.1. The fraction of sp³-hybridized carbons (Fsp3) is 0.192. The van der Waals surface area contributed by atoms with Crippen molar-refractivity contribution in [1.29, 1.82) is 0 Å². The minimum absolute atomic E-state index is 0.361. The summed E-state index contributed by atoms with van der Waals surface area (Å²) in [6.45, 7) is 4.20. The van der Waals surface area contributed by atoms with E-state index in [2.05, 4.69) is 51.4 Å². The van der Waals surface area contributed by atoms with Crippen LogP contribution in [0.3, 0.4) is 0 Å². The van der Waals surface area contributed by atoms with Crippen LogP contribution in [0.4, 0.5) is 25.8 Å². The van der Waals surface area contributed by atoms with Gasteiger partial charge in [0.1, 0.15) is 11.6 Å². The first-order chi connectivity index (χ1) is 15.6. The molecule has 0 bridgehead atoms. The first kappa shape index (κ1) is 20.4. The van der Waals surface area contributed by atoms with E-state index in [1.54, 1.807) is 12.3 Å². The molecule has 0 amide bonds. The molecule has 2 heterocycles. The maximum absolute atomic E-state index is 14.3. The predicted octanol–water partition coefficient (Wildman–Crippen LogP) is 5.68. The molecular formula is C26H24F2N4. The van der Waals surface area contributed by atoms with Crippen LogP contribution in [0.2, 0.25) is 0 Å². The number of halogens is 2. The average Bonchev–Trinajstić information content (AvgIpc) is 2.80. The molecule has 0 atom stereocenters. The van der Waals surface area contributed by atoms with Crippen LogP contribution >= 0.6 is 0 Å². The maximum atomic E-state index is 14.3. The van der Waals surface area contributed by atoms with E-state index in [9.17, 15) is 8.78 Å². The van der Waals surface area contributed by atoms with E-state index < -0.39 is 11.6 Å². The van der Waals surface area contributed by atoms with E-state index in [1.165, 1.54) is 17.8 Å². The Morgan fingerprint density at radius 2 is 1.62 bits per heavy atom. The molecule has 4 aromatic rings. The lowest BCUT2D eigenvalue weighted by Gasteiger charge is -2.34. The summed E-state index contributed by atoms with van der Waals surface area (Å²) in [6.07, 6.45) is 1.75. The summed E-state index contributed by atoms with van der Waals surface area (Å²) >= 11 is 0. The Hall–Kier alpha value is -3.51. The van der Waals surface area contributed by atoms with Crippen molar-refractivity contribution in [2.24, 2.45) is 0 Å². The maximum Gasteiger partial charge on any atom is 0.133 e. The van der Waals surface area contributed by atoms with Crippen molar-refractivity contribution < 1.29 is 8.78 Å². The largest absolute Gasteiger partial charge is 0.369 e. The molecule has 3 aromatic carbocycles. The normalized spacial score (nSPS) is 14.7. The quantitative estimate of drug-likeness (QED) is 0.452. The number of aromatic nitrogens is 1. The molecule has 1 aliphatic rings. The van der Waals surface area contributed by atoms with Crippen molar-refractivity contribution in [2.75, 3.05) is 43.4 Å². The molecule has 162 valence electrons. The Balaban J connectivity index is 1.42. The molecule has 1 fully saturated rings. The van der Waals surface area contributed by atoms with Gasteiger partial charge in [0.25, 0.3) is 0 Å². The van der Waals surface area contributed by atoms with Gasteiger partial charge in [0, 0.05) is 66.5 Å². The monoisotopic (exact) mass is 430 g/mol. The Morgan fingerprint density at radius 3 is 2.38 bits per heavy atom. The second-order valence-electron chi connectivity index (χ2n) is 8.18. The number of nitrogens with zero attached hydrogens (tertiary/aromatic N) is 3. The summed E-state index contributed by atoms with van der Waals surface area (Å²) < 4.78 is 27.6. The number of likely N-dealkylation sites (N-methyl/N-ethyl adjacent to an activating group) is 1. The number of piperazine rings is 1. The summed E-state index contributed by atoms with van der Waals surface area (Å²) in [4.78, 5) is 9.17. The van der Waals surface area contributed by atoms with Crippen LogP contribution in [0.15, 0.2) is 72.9 Å². The van der Waals surface area contributed by atoms with Gasteiger partial charge in [-0.3, -0.25) is 4.98 Å². The van der Waals surface area contributed by atoms with Gasteiger partial charge in [0.05, 0.1) is 5.52 Å². The fourth-order valence-corrected chi connectivity index (χ4v) is 4.12. The number of fused-ring (bicyclic) bond motifs is 1. The van der Waals surface area contributed by atoms with E-state index in [4.69, 9.17) is 0 Å². The number of hydrogen-bond donors (Lipinski definition) is 1. The average molecular weight is 431 g/mol. The first-order valence-corrected chi connectivity index (χ1v) is 10.7. The van der Waals surface area contributed by atoms with Crippen LogP contribution in [0.5, 0.6) is 0 Å². The molecule has 0 saturated carbocycles. The van der Waals surface area contributed by atoms with Gasteiger partial charge < -0.3 is 15.1 Å². The van der Waals surface area contributed by atoms with E-state index in [0.29, 0.717) is 11.1 Å². The van der Waals surface area contributed by atoms with Crippen LogP contribution < -0.4 is 10.2 Å². The van der Waals surface area contributed by atoms with E-state index in [-0.39, 0.29) is 0 Å². The zero-order valence-corrected chi connectivity index (χ0v) is 17.9. The van der Waals surface area contributed by atoms with Crippen LogP contribution in [-0.2, 0) is 0 Å². The molecule has 1 saturated heterocycles. The molecule has 5 rings (SSSR count). The lowest BCUT2D eigenvalue weighted by Crippen LogP contribution is -2.44. The Kier molecular flexibility index (Phi) is 5.45. The standard InChI is InChI=1S/C26H24F2N4/c1-31-12-14-32(15-13-31)21-6-4-20(5-7-21)30-26-10-11-29-25-9-2-18(16-23(25)26)22-8-3-19(27)17-24(22)28/h2-11,16-17H,12-15H2,1H3,(H,29,30). The van der Waals surface area contributed by atoms with E-state index in [1.807, 2.05) is 18.2 Å². The second-order valence-corrected chi connectivity index (χ2v) is 8.18. The van der Waals surface area contributed by atoms with Gasteiger partial charge in [-0.05, 0) is 67.2 Å². The van der Waals surface area contributed by atoms with E-state index >= 15 is 0 Å². The first-order valence-electron chi connectivity index (χ1n) is 10.7. The van der Waals surface area contributed by atoms with E-state index in [0.717, 1.165) is 54.5 Å². The molecule has 32 heavy (non-hydrogen) atoms. The van der Waals surface area contributed by atoms with Gasteiger partial charge in [-0.2, -0.15) is 0 Å². The summed E-state index contributed by atoms with van der Waals surface area (Å²) in [7, 11) is 2.15. The number of pyridine rings is 1. The minimum Gasteiger partial charge on any atom is -0.369 e. The number of nitrogens with one attached hydrogen (secondary N) is 1.